The molecule has 0 fully saturated rings. The van der Waals surface area contributed by atoms with Gasteiger partial charge >= 0.3 is 0 Å². The highest BCUT2D eigenvalue weighted by molar-refractivity contribution is 9.10. The van der Waals surface area contributed by atoms with E-state index in [9.17, 15) is 10.1 Å². The number of rotatable bonds is 4. The Hall–Kier alpha value is -4.32. The third kappa shape index (κ3) is 5.98. The van der Waals surface area contributed by atoms with Crippen molar-refractivity contribution in [3.8, 4) is 44.5 Å². The quantitative estimate of drug-likeness (QED) is 0.138. The Balaban J connectivity index is 0.000000151. The van der Waals surface area contributed by atoms with Gasteiger partial charge in [0.25, 0.3) is 5.69 Å². The average Bonchev–Trinajstić information content (AvgIpc) is 3.39. The highest BCUT2D eigenvalue weighted by Gasteiger charge is 2.19. The zero-order valence-corrected chi connectivity index (χ0v) is 25.7. The van der Waals surface area contributed by atoms with E-state index in [1.54, 1.807) is 6.07 Å². The number of halogens is 2. The molecule has 0 spiro atoms. The third-order valence-corrected chi connectivity index (χ3v) is 8.40. The SMILES string of the molecule is Brc1ccc2c(c1)Cc1cc(-c3ccccc3)ccc1-2.O=[N+]([O-])c1cc(Br)ccc1-c1ccc(-c2ccccc2)cc1. The van der Waals surface area contributed by atoms with Crippen LogP contribution < -0.4 is 0 Å². The van der Waals surface area contributed by atoms with E-state index < -0.39 is 0 Å². The smallest absolute Gasteiger partial charge is 0.258 e. The largest absolute Gasteiger partial charge is 0.278 e. The van der Waals surface area contributed by atoms with E-state index in [1.165, 1.54) is 39.4 Å². The molecule has 0 unspecified atom stereocenters. The van der Waals surface area contributed by atoms with E-state index in [1.807, 2.05) is 60.7 Å². The van der Waals surface area contributed by atoms with Crippen LogP contribution >= 0.6 is 31.9 Å². The van der Waals surface area contributed by atoms with E-state index in [4.69, 9.17) is 0 Å². The Kier molecular flexibility index (Phi) is 8.13. The molecular weight excluding hydrogens is 650 g/mol. The highest BCUT2D eigenvalue weighted by Crippen LogP contribution is 2.39. The van der Waals surface area contributed by atoms with Crippen LogP contribution in [0.15, 0.2) is 148 Å². The predicted molar refractivity (Wildman–Crippen MR) is 179 cm³/mol. The molecule has 0 atom stereocenters. The maximum atomic E-state index is 11.2. The molecule has 1 aliphatic carbocycles. The fourth-order valence-corrected chi connectivity index (χ4v) is 6.12. The molecule has 5 heteroatoms. The number of fused-ring (bicyclic) bond motifs is 3. The van der Waals surface area contributed by atoms with Gasteiger partial charge in [-0.3, -0.25) is 10.1 Å². The van der Waals surface area contributed by atoms with Crippen LogP contribution in [-0.4, -0.2) is 4.92 Å². The summed E-state index contributed by atoms with van der Waals surface area (Å²) in [5, 5.41) is 11.2. The zero-order valence-electron chi connectivity index (χ0n) is 22.5. The summed E-state index contributed by atoms with van der Waals surface area (Å²) in [6.07, 6.45) is 1.03. The maximum Gasteiger partial charge on any atom is 0.278 e. The Bertz CT molecular complexity index is 1890. The lowest BCUT2D eigenvalue weighted by molar-refractivity contribution is -0.384. The molecule has 0 saturated heterocycles. The maximum absolute atomic E-state index is 11.2. The van der Waals surface area contributed by atoms with Crippen molar-refractivity contribution >= 4 is 37.5 Å². The van der Waals surface area contributed by atoms with Gasteiger partial charge in [0.05, 0.1) is 10.5 Å². The van der Waals surface area contributed by atoms with Crippen molar-refractivity contribution in [3.05, 3.63) is 170 Å². The van der Waals surface area contributed by atoms with E-state index >= 15 is 0 Å². The van der Waals surface area contributed by atoms with Gasteiger partial charge in [-0.05, 0) is 80.8 Å². The van der Waals surface area contributed by atoms with Crippen LogP contribution in [0.1, 0.15) is 11.1 Å². The van der Waals surface area contributed by atoms with Crippen molar-refractivity contribution in [2.45, 2.75) is 6.42 Å². The normalized spacial score (nSPS) is 11.2. The monoisotopic (exact) mass is 673 g/mol. The summed E-state index contributed by atoms with van der Waals surface area (Å²) in [7, 11) is 0. The average molecular weight is 675 g/mol. The minimum atomic E-state index is -0.356. The van der Waals surface area contributed by atoms with Crippen molar-refractivity contribution in [2.75, 3.05) is 0 Å². The molecule has 42 heavy (non-hydrogen) atoms. The lowest BCUT2D eigenvalue weighted by Gasteiger charge is -2.06. The Labute approximate surface area is 261 Å². The molecule has 0 aliphatic heterocycles. The van der Waals surface area contributed by atoms with Crippen LogP contribution in [0.3, 0.4) is 0 Å². The van der Waals surface area contributed by atoms with E-state index in [0.717, 1.165) is 27.6 Å². The molecule has 0 heterocycles. The fourth-order valence-electron chi connectivity index (χ4n) is 5.36. The molecule has 0 radical (unpaired) electrons. The topological polar surface area (TPSA) is 43.1 Å². The van der Waals surface area contributed by atoms with Crippen molar-refractivity contribution in [3.63, 3.8) is 0 Å². The number of benzene rings is 6. The first-order valence-corrected chi connectivity index (χ1v) is 15.1. The van der Waals surface area contributed by atoms with Gasteiger partial charge in [0, 0.05) is 15.0 Å². The summed E-state index contributed by atoms with van der Waals surface area (Å²) < 4.78 is 1.86. The van der Waals surface area contributed by atoms with Crippen molar-refractivity contribution < 1.29 is 4.92 Å². The standard InChI is InChI=1S/C19H13Br.C18H12BrNO2/c20-17-7-9-19-16(12-17)11-15-10-14(6-8-18(15)19)13-4-2-1-3-5-13;19-16-10-11-17(18(12-16)20(21)22)15-8-6-14(7-9-15)13-4-2-1-3-5-13/h1-10,12H,11H2;1-12H. The number of hydrogen-bond acceptors (Lipinski definition) is 2. The molecule has 6 aromatic rings. The third-order valence-electron chi connectivity index (χ3n) is 7.41. The molecule has 0 aromatic heterocycles. The molecule has 204 valence electrons. The van der Waals surface area contributed by atoms with Crippen LogP contribution in [0.4, 0.5) is 5.69 Å². The Morgan fingerprint density at radius 1 is 0.476 bits per heavy atom. The second-order valence-electron chi connectivity index (χ2n) is 10.1. The number of nitro benzene ring substituents is 1. The minimum Gasteiger partial charge on any atom is -0.258 e. The van der Waals surface area contributed by atoms with Crippen LogP contribution in [0.5, 0.6) is 0 Å². The van der Waals surface area contributed by atoms with Crippen molar-refractivity contribution in [1.82, 2.24) is 0 Å². The van der Waals surface area contributed by atoms with Gasteiger partial charge in [0.15, 0.2) is 0 Å². The summed E-state index contributed by atoms with van der Waals surface area (Å²) in [6, 6.07) is 46.9. The summed E-state index contributed by atoms with van der Waals surface area (Å²) in [5.41, 5.74) is 12.0. The van der Waals surface area contributed by atoms with Crippen LogP contribution in [0.2, 0.25) is 0 Å². The number of nitro groups is 1. The van der Waals surface area contributed by atoms with Crippen LogP contribution in [-0.2, 0) is 6.42 Å². The predicted octanol–water partition coefficient (Wildman–Crippen LogP) is 11.4. The van der Waals surface area contributed by atoms with Crippen molar-refractivity contribution in [2.24, 2.45) is 0 Å². The molecular formula is C37H25Br2NO2. The van der Waals surface area contributed by atoms with Gasteiger partial charge in [0.2, 0.25) is 0 Å². The molecule has 1 aliphatic rings. The lowest BCUT2D eigenvalue weighted by Crippen LogP contribution is -1.92. The Morgan fingerprint density at radius 3 is 1.55 bits per heavy atom. The van der Waals surface area contributed by atoms with E-state index in [2.05, 4.69) is 98.6 Å². The molecule has 7 rings (SSSR count). The van der Waals surface area contributed by atoms with Gasteiger partial charge in [0.1, 0.15) is 0 Å². The van der Waals surface area contributed by atoms with Gasteiger partial charge in [-0.25, -0.2) is 0 Å². The van der Waals surface area contributed by atoms with Crippen LogP contribution in [0, 0.1) is 10.1 Å². The first kappa shape index (κ1) is 27.8. The van der Waals surface area contributed by atoms with Gasteiger partial charge < -0.3 is 0 Å². The van der Waals surface area contributed by atoms with Crippen molar-refractivity contribution in [1.29, 1.82) is 0 Å². The zero-order chi connectivity index (χ0) is 29.1. The first-order valence-electron chi connectivity index (χ1n) is 13.5. The molecule has 0 saturated carbocycles. The molecule has 0 bridgehead atoms. The van der Waals surface area contributed by atoms with Crippen LogP contribution in [0.25, 0.3) is 44.5 Å². The molecule has 0 N–H and O–H groups in total. The second kappa shape index (κ2) is 12.3. The summed E-state index contributed by atoms with van der Waals surface area (Å²) >= 11 is 6.84. The van der Waals surface area contributed by atoms with E-state index in [0.29, 0.717) is 10.0 Å². The van der Waals surface area contributed by atoms with Gasteiger partial charge in [-0.1, -0.05) is 141 Å². The fraction of sp³-hybridized carbons (Fsp3) is 0.0270. The first-order chi connectivity index (χ1) is 20.5. The number of nitrogens with zero attached hydrogens (tertiary/aromatic N) is 1. The van der Waals surface area contributed by atoms with E-state index in [-0.39, 0.29) is 10.6 Å². The van der Waals surface area contributed by atoms with Gasteiger partial charge in [-0.2, -0.15) is 0 Å². The lowest BCUT2D eigenvalue weighted by atomic mass is 9.99. The summed E-state index contributed by atoms with van der Waals surface area (Å²) in [6.45, 7) is 0. The summed E-state index contributed by atoms with van der Waals surface area (Å²) in [4.78, 5) is 10.9. The minimum absolute atomic E-state index is 0.0989. The van der Waals surface area contributed by atoms with Gasteiger partial charge in [-0.15, -0.1) is 0 Å². The number of hydrogen-bond donors (Lipinski definition) is 0. The molecule has 6 aromatic carbocycles. The Morgan fingerprint density at radius 2 is 0.929 bits per heavy atom. The molecule has 3 nitrogen and oxygen atoms in total. The summed E-state index contributed by atoms with van der Waals surface area (Å²) in [5.74, 6) is 0. The molecule has 0 amide bonds. The second-order valence-corrected chi connectivity index (χ2v) is 11.9. The highest BCUT2D eigenvalue weighted by atomic mass is 79.9.